The molecule has 0 saturated heterocycles. The SMILES string of the molecule is CNCCc1c[nH]c2c(-c3ccc4c(c3O)=C(CCN(C)C)C(=O)N=4)ccc(O)c12. The molecule has 30 heavy (non-hydrogen) atoms. The molecular weight excluding hydrogens is 380 g/mol. The molecule has 0 unspecified atom stereocenters. The minimum absolute atomic E-state index is 0.0502. The highest BCUT2D eigenvalue weighted by Crippen LogP contribution is 2.38. The molecule has 3 aromatic rings. The Bertz CT molecular complexity index is 1260. The molecule has 2 heterocycles. The van der Waals surface area contributed by atoms with Crippen LogP contribution in [0.3, 0.4) is 0 Å². The second-order valence-corrected chi connectivity index (χ2v) is 7.85. The van der Waals surface area contributed by atoms with Gasteiger partial charge in [0.2, 0.25) is 0 Å². The predicted octanol–water partition coefficient (Wildman–Crippen LogP) is 1.27. The number of benzene rings is 2. The molecule has 1 aromatic heterocycles. The maximum atomic E-state index is 12.4. The molecule has 7 heteroatoms. The van der Waals surface area contributed by atoms with Crippen LogP contribution in [0.15, 0.2) is 35.5 Å². The summed E-state index contributed by atoms with van der Waals surface area (Å²) in [6.07, 6.45) is 3.17. The van der Waals surface area contributed by atoms with Gasteiger partial charge >= 0.3 is 0 Å². The molecule has 1 aliphatic rings. The molecule has 7 nitrogen and oxygen atoms in total. The van der Waals surface area contributed by atoms with Crippen molar-refractivity contribution in [3.63, 3.8) is 0 Å². The Morgan fingerprint density at radius 3 is 2.60 bits per heavy atom. The number of likely N-dealkylation sites (N-methyl/N-ethyl adjacent to an activating group) is 1. The molecule has 0 atom stereocenters. The number of nitrogens with one attached hydrogen (secondary N) is 2. The van der Waals surface area contributed by atoms with Crippen LogP contribution in [-0.4, -0.2) is 60.2 Å². The monoisotopic (exact) mass is 406 g/mol. The van der Waals surface area contributed by atoms with Gasteiger partial charge in [0, 0.05) is 34.8 Å². The Morgan fingerprint density at radius 2 is 1.87 bits per heavy atom. The van der Waals surface area contributed by atoms with E-state index in [9.17, 15) is 15.0 Å². The summed E-state index contributed by atoms with van der Waals surface area (Å²) in [5.41, 5.74) is 3.67. The van der Waals surface area contributed by atoms with Crippen LogP contribution in [0, 0.1) is 0 Å². The van der Waals surface area contributed by atoms with Crippen molar-refractivity contribution in [3.05, 3.63) is 46.6 Å². The number of phenolic OH excluding ortho intramolecular Hbond substituents is 2. The summed E-state index contributed by atoms with van der Waals surface area (Å²) in [7, 11) is 5.77. The average Bonchev–Trinajstić information content (AvgIpc) is 3.27. The van der Waals surface area contributed by atoms with Crippen LogP contribution in [0.2, 0.25) is 0 Å². The van der Waals surface area contributed by atoms with Crippen molar-refractivity contribution in [2.24, 2.45) is 4.99 Å². The van der Waals surface area contributed by atoms with Crippen LogP contribution in [0.5, 0.6) is 11.5 Å². The number of fused-ring (bicyclic) bond motifs is 2. The standard InChI is InChI=1S/C23H26N4O3/c1-24-10-8-13-12-25-21-14(5-7-18(28)19(13)21)15-4-6-17-20(22(15)29)16(23(30)26-17)9-11-27(2)3/h4-7,12,24-25,28-29H,8-11H2,1-3H3. The Morgan fingerprint density at radius 1 is 1.10 bits per heavy atom. The highest BCUT2D eigenvalue weighted by Gasteiger charge is 2.22. The molecule has 1 amide bonds. The van der Waals surface area contributed by atoms with Gasteiger partial charge in [0.15, 0.2) is 0 Å². The van der Waals surface area contributed by atoms with E-state index in [-0.39, 0.29) is 17.4 Å². The first-order valence-corrected chi connectivity index (χ1v) is 10.0. The zero-order chi connectivity index (χ0) is 21.4. The first kappa shape index (κ1) is 20.1. The highest BCUT2D eigenvalue weighted by atomic mass is 16.3. The smallest absolute Gasteiger partial charge is 0.274 e. The average molecular weight is 406 g/mol. The minimum Gasteiger partial charge on any atom is -0.507 e. The van der Waals surface area contributed by atoms with Crippen molar-refractivity contribution in [3.8, 4) is 22.6 Å². The molecule has 0 aliphatic carbocycles. The topological polar surface area (TPSA) is 101 Å². The van der Waals surface area contributed by atoms with E-state index in [0.29, 0.717) is 34.7 Å². The maximum Gasteiger partial charge on any atom is 0.274 e. The number of rotatable bonds is 7. The second-order valence-electron chi connectivity index (χ2n) is 7.85. The molecule has 4 rings (SSSR count). The largest absolute Gasteiger partial charge is 0.507 e. The molecule has 0 fully saturated rings. The number of aromatic hydroxyl groups is 2. The van der Waals surface area contributed by atoms with Crippen LogP contribution < -0.4 is 15.9 Å². The third kappa shape index (κ3) is 3.36. The normalized spacial score (nSPS) is 13.3. The van der Waals surface area contributed by atoms with Crippen molar-refractivity contribution in [2.45, 2.75) is 12.8 Å². The van der Waals surface area contributed by atoms with E-state index in [1.54, 1.807) is 24.3 Å². The van der Waals surface area contributed by atoms with Gasteiger partial charge in [-0.25, -0.2) is 4.99 Å². The number of phenols is 2. The van der Waals surface area contributed by atoms with Crippen LogP contribution in [-0.2, 0) is 11.2 Å². The summed E-state index contributed by atoms with van der Waals surface area (Å²) in [4.78, 5) is 21.8. The van der Waals surface area contributed by atoms with Gasteiger partial charge in [-0.15, -0.1) is 0 Å². The van der Waals surface area contributed by atoms with Crippen molar-refractivity contribution in [2.75, 3.05) is 34.2 Å². The Labute approximate surface area is 174 Å². The number of hydrogen-bond donors (Lipinski definition) is 4. The molecule has 4 N–H and O–H groups in total. The van der Waals surface area contributed by atoms with Gasteiger partial charge in [0.1, 0.15) is 11.5 Å². The summed E-state index contributed by atoms with van der Waals surface area (Å²) < 4.78 is 0. The maximum absolute atomic E-state index is 12.4. The zero-order valence-electron chi connectivity index (χ0n) is 17.4. The third-order valence-corrected chi connectivity index (χ3v) is 5.58. The number of H-pyrrole nitrogens is 1. The van der Waals surface area contributed by atoms with Crippen molar-refractivity contribution in [1.82, 2.24) is 15.2 Å². The number of nitrogens with zero attached hydrogens (tertiary/aromatic N) is 2. The molecule has 0 radical (unpaired) electrons. The number of amides is 1. The van der Waals surface area contributed by atoms with E-state index in [2.05, 4.69) is 15.3 Å². The lowest BCUT2D eigenvalue weighted by Gasteiger charge is -2.11. The van der Waals surface area contributed by atoms with Gasteiger partial charge in [-0.3, -0.25) is 4.79 Å². The fourth-order valence-corrected chi connectivity index (χ4v) is 4.02. The van der Waals surface area contributed by atoms with Gasteiger partial charge in [-0.1, -0.05) is 0 Å². The van der Waals surface area contributed by atoms with Gasteiger partial charge < -0.3 is 25.4 Å². The molecule has 2 aromatic carbocycles. The van der Waals surface area contributed by atoms with Crippen LogP contribution in [0.1, 0.15) is 12.0 Å². The third-order valence-electron chi connectivity index (χ3n) is 5.58. The number of aromatic amines is 1. The van der Waals surface area contributed by atoms with E-state index >= 15 is 0 Å². The number of aromatic nitrogens is 1. The van der Waals surface area contributed by atoms with E-state index < -0.39 is 0 Å². The molecule has 0 bridgehead atoms. The van der Waals surface area contributed by atoms with Crippen molar-refractivity contribution >= 4 is 22.4 Å². The van der Waals surface area contributed by atoms with E-state index in [1.807, 2.05) is 32.2 Å². The lowest BCUT2D eigenvalue weighted by atomic mass is 9.97. The van der Waals surface area contributed by atoms with Crippen molar-refractivity contribution in [1.29, 1.82) is 0 Å². The first-order valence-electron chi connectivity index (χ1n) is 10.0. The summed E-state index contributed by atoms with van der Waals surface area (Å²) in [6.45, 7) is 1.48. The molecule has 0 saturated carbocycles. The van der Waals surface area contributed by atoms with Crippen molar-refractivity contribution < 1.29 is 15.0 Å². The van der Waals surface area contributed by atoms with Gasteiger partial charge in [-0.2, -0.15) is 0 Å². The first-order chi connectivity index (χ1) is 14.4. The summed E-state index contributed by atoms with van der Waals surface area (Å²) in [5, 5.41) is 26.5. The van der Waals surface area contributed by atoms with E-state index in [4.69, 9.17) is 0 Å². The molecular formula is C23H26N4O3. The predicted molar refractivity (Wildman–Crippen MR) is 117 cm³/mol. The van der Waals surface area contributed by atoms with Gasteiger partial charge in [0.25, 0.3) is 5.91 Å². The Balaban J connectivity index is 1.91. The van der Waals surface area contributed by atoms with Crippen LogP contribution >= 0.6 is 0 Å². The second kappa shape index (κ2) is 7.93. The summed E-state index contributed by atoms with van der Waals surface area (Å²) in [6, 6.07) is 6.98. The Kier molecular flexibility index (Phi) is 5.32. The molecule has 1 aliphatic heterocycles. The zero-order valence-corrected chi connectivity index (χ0v) is 17.4. The lowest BCUT2D eigenvalue weighted by Crippen LogP contribution is -2.25. The highest BCUT2D eigenvalue weighted by molar-refractivity contribution is 6.16. The number of hydrogen-bond acceptors (Lipinski definition) is 5. The number of carbonyl (C=O) groups excluding carboxylic acids is 1. The quantitative estimate of drug-likeness (QED) is 0.473. The van der Waals surface area contributed by atoms with E-state index in [1.165, 1.54) is 0 Å². The fourth-order valence-electron chi connectivity index (χ4n) is 4.02. The summed E-state index contributed by atoms with van der Waals surface area (Å²) in [5.74, 6) is -0.0382. The van der Waals surface area contributed by atoms with E-state index in [0.717, 1.165) is 35.0 Å². The fraction of sp³-hybridized carbons (Fsp3) is 0.304. The Hall–Kier alpha value is -3.16. The van der Waals surface area contributed by atoms with Crippen LogP contribution in [0.4, 0.5) is 0 Å². The molecule has 0 spiro atoms. The van der Waals surface area contributed by atoms with Gasteiger partial charge in [-0.05, 0) is 70.4 Å². The minimum atomic E-state index is -0.288. The molecule has 156 valence electrons. The van der Waals surface area contributed by atoms with Crippen LogP contribution in [0.25, 0.3) is 27.6 Å². The lowest BCUT2D eigenvalue weighted by molar-refractivity contribution is -0.112. The van der Waals surface area contributed by atoms with Gasteiger partial charge in [0.05, 0.1) is 16.1 Å². The number of carbonyl (C=O) groups is 1. The summed E-state index contributed by atoms with van der Waals surface area (Å²) >= 11 is 0.